The zero-order chi connectivity index (χ0) is 17.6. The number of piperazine rings is 1. The number of hydrogen-bond acceptors (Lipinski definition) is 3. The second kappa shape index (κ2) is 12.6. The monoisotopic (exact) mass is 468 g/mol. The highest BCUT2D eigenvalue weighted by molar-refractivity contribution is 9.10. The van der Waals surface area contributed by atoms with Gasteiger partial charge in [-0.3, -0.25) is 0 Å². The van der Waals surface area contributed by atoms with Gasteiger partial charge >= 0.3 is 0 Å². The number of halogens is 3. The van der Waals surface area contributed by atoms with Crippen molar-refractivity contribution in [2.45, 2.75) is 51.0 Å². The minimum Gasteiger partial charge on any atom is -0.389 e. The molecule has 3 nitrogen and oxygen atoms in total. The molecular weight excluding hydrogens is 435 g/mol. The fourth-order valence-corrected chi connectivity index (χ4v) is 4.35. The fourth-order valence-electron chi connectivity index (χ4n) is 3.94. The quantitative estimate of drug-likeness (QED) is 0.583. The van der Waals surface area contributed by atoms with Crippen LogP contribution in [-0.2, 0) is 0 Å². The molecule has 0 saturated carbocycles. The van der Waals surface area contributed by atoms with E-state index in [4.69, 9.17) is 0 Å². The van der Waals surface area contributed by atoms with Crippen molar-refractivity contribution in [1.29, 1.82) is 0 Å². The van der Waals surface area contributed by atoms with Gasteiger partial charge in [-0.15, -0.1) is 24.8 Å². The summed E-state index contributed by atoms with van der Waals surface area (Å²) in [6, 6.07) is 8.53. The molecule has 0 aromatic heterocycles. The third-order valence-corrected chi connectivity index (χ3v) is 5.80. The maximum Gasteiger partial charge on any atom is 0.0728 e. The van der Waals surface area contributed by atoms with Crippen molar-refractivity contribution in [1.82, 2.24) is 9.80 Å². The molecule has 0 bridgehead atoms. The topological polar surface area (TPSA) is 26.7 Å². The summed E-state index contributed by atoms with van der Waals surface area (Å²) >= 11 is 3.61. The Bertz CT molecular complexity index is 504. The highest BCUT2D eigenvalue weighted by Gasteiger charge is 2.37. The van der Waals surface area contributed by atoms with Gasteiger partial charge in [0.05, 0.1) is 5.60 Å². The van der Waals surface area contributed by atoms with Gasteiger partial charge < -0.3 is 14.9 Å². The van der Waals surface area contributed by atoms with Crippen LogP contribution < -0.4 is 0 Å². The first-order valence-electron chi connectivity index (χ1n) is 9.37. The molecule has 6 heteroatoms. The molecule has 26 heavy (non-hydrogen) atoms. The Kier molecular flexibility index (Phi) is 12.7. The third-order valence-electron chi connectivity index (χ3n) is 5.30. The average molecular weight is 470 g/mol. The van der Waals surface area contributed by atoms with Crippen LogP contribution in [0.15, 0.2) is 28.7 Å². The molecule has 1 N–H and O–H groups in total. The standard InChI is InChI=1S/C20H33BrN2O.2ClH/c1-4-9-20(24,10-5-2)19(17-7-6-8-18(21)15-17)16-23-13-11-22(3)12-14-23;;/h6-8,15,19,24H,4-5,9-14,16H2,1-3H3;2*1H. The summed E-state index contributed by atoms with van der Waals surface area (Å²) in [6.07, 6.45) is 3.77. The Morgan fingerprint density at radius 1 is 1.08 bits per heavy atom. The SMILES string of the molecule is CCCC(O)(CCC)C(CN1CCN(C)CC1)c1cccc(Br)c1.Cl.Cl. The van der Waals surface area contributed by atoms with Crippen LogP contribution in [0.25, 0.3) is 0 Å². The van der Waals surface area contributed by atoms with Crippen molar-refractivity contribution in [3.8, 4) is 0 Å². The molecular formula is C20H35BrCl2N2O. The average Bonchev–Trinajstić information content (AvgIpc) is 2.54. The summed E-state index contributed by atoms with van der Waals surface area (Å²) < 4.78 is 1.10. The number of rotatable bonds is 8. The molecule has 0 radical (unpaired) electrons. The number of benzene rings is 1. The number of nitrogens with zero attached hydrogens (tertiary/aromatic N) is 2. The molecule has 1 aliphatic rings. The molecule has 0 amide bonds. The maximum absolute atomic E-state index is 11.5. The predicted molar refractivity (Wildman–Crippen MR) is 120 cm³/mol. The van der Waals surface area contributed by atoms with Crippen LogP contribution in [0.2, 0.25) is 0 Å². The minimum absolute atomic E-state index is 0. The zero-order valence-electron chi connectivity index (χ0n) is 16.3. The molecule has 1 heterocycles. The lowest BCUT2D eigenvalue weighted by atomic mass is 9.76. The van der Waals surface area contributed by atoms with Gasteiger partial charge in [0.15, 0.2) is 0 Å². The summed E-state index contributed by atoms with van der Waals surface area (Å²) in [5.74, 6) is 0.165. The van der Waals surface area contributed by atoms with Crippen LogP contribution in [0, 0.1) is 0 Å². The Morgan fingerprint density at radius 3 is 2.15 bits per heavy atom. The molecule has 1 fully saturated rings. The smallest absolute Gasteiger partial charge is 0.0728 e. The first kappa shape index (κ1) is 26.2. The van der Waals surface area contributed by atoms with Gasteiger partial charge in [-0.05, 0) is 37.6 Å². The molecule has 1 aromatic carbocycles. The maximum atomic E-state index is 11.5. The summed E-state index contributed by atoms with van der Waals surface area (Å²) in [5.41, 5.74) is 0.640. The van der Waals surface area contributed by atoms with Gasteiger partial charge in [0, 0.05) is 43.1 Å². The molecule has 1 aromatic rings. The lowest BCUT2D eigenvalue weighted by Crippen LogP contribution is -2.49. The van der Waals surface area contributed by atoms with E-state index >= 15 is 0 Å². The Morgan fingerprint density at radius 2 is 1.65 bits per heavy atom. The Balaban J connectivity index is 0.00000312. The van der Waals surface area contributed by atoms with Crippen molar-refractivity contribution >= 4 is 40.7 Å². The van der Waals surface area contributed by atoms with Crippen LogP contribution in [0.4, 0.5) is 0 Å². The number of likely N-dealkylation sites (N-methyl/N-ethyl adjacent to an activating group) is 1. The van der Waals surface area contributed by atoms with E-state index in [2.05, 4.69) is 70.9 Å². The molecule has 1 atom stereocenters. The third kappa shape index (κ3) is 7.29. The molecule has 152 valence electrons. The van der Waals surface area contributed by atoms with Crippen LogP contribution in [0.3, 0.4) is 0 Å². The van der Waals surface area contributed by atoms with E-state index in [1.807, 2.05) is 0 Å². The van der Waals surface area contributed by atoms with Crippen LogP contribution in [-0.4, -0.2) is 60.3 Å². The zero-order valence-corrected chi connectivity index (χ0v) is 19.5. The fraction of sp³-hybridized carbons (Fsp3) is 0.700. The van der Waals surface area contributed by atoms with Gasteiger partial charge in [-0.25, -0.2) is 0 Å². The van der Waals surface area contributed by atoms with E-state index in [1.165, 1.54) is 5.56 Å². The van der Waals surface area contributed by atoms with E-state index in [-0.39, 0.29) is 30.7 Å². The summed E-state index contributed by atoms with van der Waals surface area (Å²) in [5, 5.41) is 11.5. The van der Waals surface area contributed by atoms with E-state index in [1.54, 1.807) is 0 Å². The van der Waals surface area contributed by atoms with Crippen LogP contribution in [0.1, 0.15) is 51.0 Å². The molecule has 1 unspecified atom stereocenters. The van der Waals surface area contributed by atoms with Crippen LogP contribution >= 0.6 is 40.7 Å². The minimum atomic E-state index is -0.617. The molecule has 2 rings (SSSR count). The lowest BCUT2D eigenvalue weighted by Gasteiger charge is -2.41. The molecule has 1 aliphatic heterocycles. The van der Waals surface area contributed by atoms with Crippen molar-refractivity contribution in [3.63, 3.8) is 0 Å². The van der Waals surface area contributed by atoms with Crippen molar-refractivity contribution in [3.05, 3.63) is 34.3 Å². The van der Waals surface area contributed by atoms with Crippen molar-refractivity contribution in [2.75, 3.05) is 39.8 Å². The van der Waals surface area contributed by atoms with E-state index in [0.29, 0.717) is 0 Å². The van der Waals surface area contributed by atoms with Crippen molar-refractivity contribution in [2.24, 2.45) is 0 Å². The second-order valence-electron chi connectivity index (χ2n) is 7.32. The molecule has 1 saturated heterocycles. The van der Waals surface area contributed by atoms with Gasteiger partial charge in [0.1, 0.15) is 0 Å². The lowest BCUT2D eigenvalue weighted by molar-refractivity contribution is -0.0200. The van der Waals surface area contributed by atoms with Crippen LogP contribution in [0.5, 0.6) is 0 Å². The first-order valence-corrected chi connectivity index (χ1v) is 10.2. The number of aliphatic hydroxyl groups is 1. The summed E-state index contributed by atoms with van der Waals surface area (Å²) in [4.78, 5) is 4.91. The highest BCUT2D eigenvalue weighted by atomic mass is 79.9. The van der Waals surface area contributed by atoms with Crippen molar-refractivity contribution < 1.29 is 5.11 Å². The molecule has 0 spiro atoms. The first-order chi connectivity index (χ1) is 11.5. The number of hydrogen-bond donors (Lipinski definition) is 1. The Labute approximate surface area is 180 Å². The molecule has 0 aliphatic carbocycles. The van der Waals surface area contributed by atoms with Gasteiger partial charge in [0.25, 0.3) is 0 Å². The Hall–Kier alpha value is 0.160. The summed E-state index contributed by atoms with van der Waals surface area (Å²) in [6.45, 7) is 9.71. The largest absolute Gasteiger partial charge is 0.389 e. The van der Waals surface area contributed by atoms with Gasteiger partial charge in [-0.1, -0.05) is 54.8 Å². The van der Waals surface area contributed by atoms with E-state index < -0.39 is 5.60 Å². The predicted octanol–water partition coefficient (Wildman–Crippen LogP) is 4.96. The highest BCUT2D eigenvalue weighted by Crippen LogP contribution is 2.37. The summed E-state index contributed by atoms with van der Waals surface area (Å²) in [7, 11) is 2.19. The van der Waals surface area contributed by atoms with E-state index in [0.717, 1.165) is 62.9 Å². The van der Waals surface area contributed by atoms with Gasteiger partial charge in [0.2, 0.25) is 0 Å². The normalized spacial score (nSPS) is 17.3. The second-order valence-corrected chi connectivity index (χ2v) is 8.23. The van der Waals surface area contributed by atoms with E-state index in [9.17, 15) is 5.11 Å². The van der Waals surface area contributed by atoms with Gasteiger partial charge in [-0.2, -0.15) is 0 Å².